The average Bonchev–Trinajstić information content (AvgIpc) is 2.38. The number of phenolic OH excluding ortho intramolecular Hbond substituents is 2. The normalized spacial score (nSPS) is 10.4. The van der Waals surface area contributed by atoms with Crippen LogP contribution >= 0.6 is 0 Å². The smallest absolute Gasteiger partial charge is 0.123 e. The van der Waals surface area contributed by atoms with Gasteiger partial charge in [-0.05, 0) is 18.2 Å². The zero-order chi connectivity index (χ0) is 12.8. The van der Waals surface area contributed by atoms with Crippen molar-refractivity contribution in [2.45, 2.75) is 13.0 Å². The predicted octanol–water partition coefficient (Wildman–Crippen LogP) is 1.83. The first kappa shape index (κ1) is 12.4. The molecule has 0 fully saturated rings. The molecule has 0 saturated carbocycles. The van der Waals surface area contributed by atoms with E-state index in [0.717, 1.165) is 24.2 Å². The van der Waals surface area contributed by atoms with E-state index >= 15 is 0 Å². The largest absolute Gasteiger partial charge is 0.508 e. The SMILES string of the molecule is Oc1ccc(CNCCc2ccccn2)c(O)c1. The van der Waals surface area contributed by atoms with Gasteiger partial charge in [0.2, 0.25) is 0 Å². The molecule has 2 rings (SSSR count). The molecule has 94 valence electrons. The molecule has 0 radical (unpaired) electrons. The zero-order valence-corrected chi connectivity index (χ0v) is 10.0. The minimum Gasteiger partial charge on any atom is -0.508 e. The summed E-state index contributed by atoms with van der Waals surface area (Å²) in [5, 5.41) is 22.0. The van der Waals surface area contributed by atoms with Crippen molar-refractivity contribution in [2.24, 2.45) is 0 Å². The summed E-state index contributed by atoms with van der Waals surface area (Å²) in [5.74, 6) is 0.185. The molecule has 1 heterocycles. The Hall–Kier alpha value is -2.07. The molecule has 0 aliphatic carbocycles. The molecule has 4 nitrogen and oxygen atoms in total. The standard InChI is InChI=1S/C14H16N2O2/c17-13-5-4-11(14(18)9-13)10-15-8-6-12-3-1-2-7-16-12/h1-5,7,9,15,17-18H,6,8,10H2. The van der Waals surface area contributed by atoms with Crippen molar-refractivity contribution in [2.75, 3.05) is 6.54 Å². The maximum atomic E-state index is 9.60. The van der Waals surface area contributed by atoms with Gasteiger partial charge >= 0.3 is 0 Å². The molecule has 2 aromatic rings. The van der Waals surface area contributed by atoms with E-state index in [0.29, 0.717) is 6.54 Å². The van der Waals surface area contributed by atoms with Crippen LogP contribution in [0.5, 0.6) is 11.5 Å². The van der Waals surface area contributed by atoms with Crippen LogP contribution in [-0.4, -0.2) is 21.7 Å². The molecule has 1 aromatic heterocycles. The first-order valence-corrected chi connectivity index (χ1v) is 5.87. The first-order valence-electron chi connectivity index (χ1n) is 5.87. The van der Waals surface area contributed by atoms with Gasteiger partial charge in [0.25, 0.3) is 0 Å². The molecule has 3 N–H and O–H groups in total. The Morgan fingerprint density at radius 2 is 2.00 bits per heavy atom. The van der Waals surface area contributed by atoms with Crippen LogP contribution in [0, 0.1) is 0 Å². The van der Waals surface area contributed by atoms with Gasteiger partial charge in [0.05, 0.1) is 0 Å². The Kier molecular flexibility index (Phi) is 4.15. The predicted molar refractivity (Wildman–Crippen MR) is 69.4 cm³/mol. The fourth-order valence-electron chi connectivity index (χ4n) is 1.69. The van der Waals surface area contributed by atoms with Crippen LogP contribution in [0.15, 0.2) is 42.6 Å². The van der Waals surface area contributed by atoms with Crippen LogP contribution in [0.4, 0.5) is 0 Å². The maximum absolute atomic E-state index is 9.60. The van der Waals surface area contributed by atoms with Crippen molar-refractivity contribution in [1.82, 2.24) is 10.3 Å². The molecule has 0 aliphatic rings. The zero-order valence-electron chi connectivity index (χ0n) is 10.0. The van der Waals surface area contributed by atoms with E-state index in [9.17, 15) is 5.11 Å². The summed E-state index contributed by atoms with van der Waals surface area (Å²) in [5.41, 5.74) is 1.81. The van der Waals surface area contributed by atoms with E-state index < -0.39 is 0 Å². The van der Waals surface area contributed by atoms with Crippen molar-refractivity contribution in [1.29, 1.82) is 0 Å². The lowest BCUT2D eigenvalue weighted by Gasteiger charge is -2.07. The number of nitrogens with zero attached hydrogens (tertiary/aromatic N) is 1. The second kappa shape index (κ2) is 6.02. The highest BCUT2D eigenvalue weighted by Crippen LogP contribution is 2.22. The van der Waals surface area contributed by atoms with Crippen molar-refractivity contribution in [3.05, 3.63) is 53.9 Å². The summed E-state index contributed by atoms with van der Waals surface area (Å²) in [6, 6.07) is 10.5. The fraction of sp³-hybridized carbons (Fsp3) is 0.214. The van der Waals surface area contributed by atoms with E-state index in [2.05, 4.69) is 10.3 Å². The number of phenols is 2. The fourth-order valence-corrected chi connectivity index (χ4v) is 1.69. The number of aromatic nitrogens is 1. The van der Waals surface area contributed by atoms with Gasteiger partial charge in [0.15, 0.2) is 0 Å². The van der Waals surface area contributed by atoms with Gasteiger partial charge in [-0.25, -0.2) is 0 Å². The van der Waals surface area contributed by atoms with Crippen molar-refractivity contribution in [3.8, 4) is 11.5 Å². The van der Waals surface area contributed by atoms with Gasteiger partial charge in [-0.3, -0.25) is 4.98 Å². The Balaban J connectivity index is 1.79. The van der Waals surface area contributed by atoms with Crippen LogP contribution in [0.25, 0.3) is 0 Å². The number of benzene rings is 1. The Morgan fingerprint density at radius 3 is 2.72 bits per heavy atom. The van der Waals surface area contributed by atoms with E-state index in [1.165, 1.54) is 6.07 Å². The minimum atomic E-state index is 0.0738. The highest BCUT2D eigenvalue weighted by Gasteiger charge is 2.01. The number of hydrogen-bond acceptors (Lipinski definition) is 4. The molecule has 0 aliphatic heterocycles. The average molecular weight is 244 g/mol. The maximum Gasteiger partial charge on any atom is 0.123 e. The third-order valence-corrected chi connectivity index (χ3v) is 2.67. The molecule has 0 atom stereocenters. The number of nitrogens with one attached hydrogen (secondary N) is 1. The number of pyridine rings is 1. The summed E-state index contributed by atoms with van der Waals surface area (Å²) in [7, 11) is 0. The highest BCUT2D eigenvalue weighted by atomic mass is 16.3. The third-order valence-electron chi connectivity index (χ3n) is 2.67. The van der Waals surface area contributed by atoms with E-state index in [4.69, 9.17) is 5.11 Å². The van der Waals surface area contributed by atoms with Gasteiger partial charge in [0.1, 0.15) is 11.5 Å². The summed E-state index contributed by atoms with van der Waals surface area (Å²) in [6.45, 7) is 1.36. The van der Waals surface area contributed by atoms with Crippen LogP contribution in [0.2, 0.25) is 0 Å². The highest BCUT2D eigenvalue weighted by molar-refractivity contribution is 5.38. The molecular formula is C14H16N2O2. The summed E-state index contributed by atoms with van der Waals surface area (Å²) < 4.78 is 0. The molecule has 0 amide bonds. The molecule has 1 aromatic carbocycles. The van der Waals surface area contributed by atoms with Crippen molar-refractivity contribution >= 4 is 0 Å². The van der Waals surface area contributed by atoms with Gasteiger partial charge in [0, 0.05) is 43.0 Å². The second-order valence-electron chi connectivity index (χ2n) is 4.06. The summed E-state index contributed by atoms with van der Waals surface area (Å²) in [4.78, 5) is 4.23. The van der Waals surface area contributed by atoms with Crippen molar-refractivity contribution < 1.29 is 10.2 Å². The van der Waals surface area contributed by atoms with E-state index in [1.54, 1.807) is 18.3 Å². The third kappa shape index (κ3) is 3.46. The van der Waals surface area contributed by atoms with Gasteiger partial charge < -0.3 is 15.5 Å². The quantitative estimate of drug-likeness (QED) is 0.702. The minimum absolute atomic E-state index is 0.0738. The van der Waals surface area contributed by atoms with Crippen LogP contribution in [0.1, 0.15) is 11.3 Å². The van der Waals surface area contributed by atoms with Crippen LogP contribution in [-0.2, 0) is 13.0 Å². The number of aromatic hydroxyl groups is 2. The van der Waals surface area contributed by atoms with Crippen LogP contribution in [0.3, 0.4) is 0 Å². The Labute approximate surface area is 106 Å². The first-order chi connectivity index (χ1) is 8.75. The molecular weight excluding hydrogens is 228 g/mol. The lowest BCUT2D eigenvalue weighted by Crippen LogP contribution is -2.17. The molecule has 0 bridgehead atoms. The lowest BCUT2D eigenvalue weighted by molar-refractivity contribution is 0.444. The van der Waals surface area contributed by atoms with E-state index in [1.807, 2.05) is 18.2 Å². The Morgan fingerprint density at radius 1 is 1.11 bits per heavy atom. The second-order valence-corrected chi connectivity index (χ2v) is 4.06. The van der Waals surface area contributed by atoms with Gasteiger partial charge in [-0.15, -0.1) is 0 Å². The van der Waals surface area contributed by atoms with E-state index in [-0.39, 0.29) is 11.5 Å². The summed E-state index contributed by atoms with van der Waals surface area (Å²) in [6.07, 6.45) is 2.63. The topological polar surface area (TPSA) is 65.4 Å². The van der Waals surface area contributed by atoms with Gasteiger partial charge in [-0.1, -0.05) is 12.1 Å². The number of rotatable bonds is 5. The van der Waals surface area contributed by atoms with Crippen molar-refractivity contribution in [3.63, 3.8) is 0 Å². The molecule has 0 spiro atoms. The van der Waals surface area contributed by atoms with Gasteiger partial charge in [-0.2, -0.15) is 0 Å². The molecule has 0 saturated heterocycles. The molecule has 0 unspecified atom stereocenters. The van der Waals surface area contributed by atoms with Crippen LogP contribution < -0.4 is 5.32 Å². The molecule has 18 heavy (non-hydrogen) atoms. The number of hydrogen-bond donors (Lipinski definition) is 3. The summed E-state index contributed by atoms with van der Waals surface area (Å²) >= 11 is 0. The monoisotopic (exact) mass is 244 g/mol. The lowest BCUT2D eigenvalue weighted by atomic mass is 10.2. The molecule has 4 heteroatoms. The Bertz CT molecular complexity index is 500.